The Morgan fingerprint density at radius 3 is 2.75 bits per heavy atom. The van der Waals surface area contributed by atoms with Crippen LogP contribution in [0.2, 0.25) is 0 Å². The summed E-state index contributed by atoms with van der Waals surface area (Å²) in [6, 6.07) is 12.4. The van der Waals surface area contributed by atoms with Crippen molar-refractivity contribution in [1.29, 1.82) is 0 Å². The number of carbonyl (C=O) groups excluding carboxylic acids is 1. The van der Waals surface area contributed by atoms with Gasteiger partial charge in [0.05, 0.1) is 5.52 Å². The quantitative estimate of drug-likeness (QED) is 0.395. The summed E-state index contributed by atoms with van der Waals surface area (Å²) >= 11 is 1.45. The molecule has 0 aliphatic carbocycles. The van der Waals surface area contributed by atoms with E-state index in [4.69, 9.17) is 0 Å². The van der Waals surface area contributed by atoms with Gasteiger partial charge in [-0.1, -0.05) is 37.3 Å². The van der Waals surface area contributed by atoms with Gasteiger partial charge in [-0.2, -0.15) is 0 Å². The summed E-state index contributed by atoms with van der Waals surface area (Å²) in [6.45, 7) is 4.70. The number of amides is 1. The van der Waals surface area contributed by atoms with Gasteiger partial charge in [0, 0.05) is 25.4 Å². The van der Waals surface area contributed by atoms with Crippen molar-refractivity contribution in [3.8, 4) is 0 Å². The Balaban J connectivity index is 1.37. The second-order valence-electron chi connectivity index (χ2n) is 8.19. The van der Waals surface area contributed by atoms with Gasteiger partial charge in [-0.05, 0) is 49.6 Å². The third kappa shape index (κ3) is 4.75. The number of fused-ring (bicyclic) bond motifs is 3. The van der Waals surface area contributed by atoms with E-state index >= 15 is 0 Å². The monoisotopic (exact) mass is 451 g/mol. The lowest BCUT2D eigenvalue weighted by atomic mass is 10.1. The van der Waals surface area contributed by atoms with Gasteiger partial charge in [0.15, 0.2) is 0 Å². The van der Waals surface area contributed by atoms with E-state index in [-0.39, 0.29) is 17.5 Å². The van der Waals surface area contributed by atoms with Crippen LogP contribution in [-0.4, -0.2) is 31.1 Å². The molecule has 3 heterocycles. The Bertz CT molecular complexity index is 1260. The van der Waals surface area contributed by atoms with Crippen LogP contribution in [-0.2, 0) is 24.2 Å². The minimum Gasteiger partial charge on any atom is -0.354 e. The molecule has 1 aromatic carbocycles. The molecule has 0 radical (unpaired) electrons. The van der Waals surface area contributed by atoms with Gasteiger partial charge in [0.25, 0.3) is 5.56 Å². The average Bonchev–Trinajstić information content (AvgIpc) is 3.43. The topological polar surface area (TPSA) is 81.3 Å². The van der Waals surface area contributed by atoms with Gasteiger partial charge in [-0.3, -0.25) is 18.6 Å². The third-order valence-electron chi connectivity index (χ3n) is 5.65. The molecule has 0 aliphatic rings. The fourth-order valence-electron chi connectivity index (χ4n) is 4.02. The van der Waals surface area contributed by atoms with E-state index in [1.807, 2.05) is 47.9 Å². The largest absolute Gasteiger partial charge is 0.354 e. The van der Waals surface area contributed by atoms with E-state index in [0.717, 1.165) is 35.3 Å². The van der Waals surface area contributed by atoms with E-state index < -0.39 is 0 Å². The van der Waals surface area contributed by atoms with Crippen LogP contribution in [0.5, 0.6) is 0 Å². The highest BCUT2D eigenvalue weighted by Gasteiger charge is 2.17. The summed E-state index contributed by atoms with van der Waals surface area (Å²) in [7, 11) is 0. The fraction of sp³-hybridized carbons (Fsp3) is 0.417. The van der Waals surface area contributed by atoms with E-state index in [2.05, 4.69) is 27.6 Å². The average molecular weight is 452 g/mol. The number of nitrogens with zero attached hydrogens (tertiary/aromatic N) is 4. The molecular formula is C24H29N5O2S. The molecule has 0 saturated heterocycles. The van der Waals surface area contributed by atoms with Gasteiger partial charge in [-0.15, -0.1) is 21.5 Å². The second kappa shape index (κ2) is 10.1. The molecule has 0 aliphatic heterocycles. The normalized spacial score (nSPS) is 12.4. The lowest BCUT2D eigenvalue weighted by Crippen LogP contribution is -2.32. The van der Waals surface area contributed by atoms with Crippen molar-refractivity contribution in [2.45, 2.75) is 65.0 Å². The highest BCUT2D eigenvalue weighted by Crippen LogP contribution is 2.20. The highest BCUT2D eigenvalue weighted by molar-refractivity contribution is 7.17. The Hall–Kier alpha value is -3.00. The molecule has 0 spiro atoms. The molecule has 168 valence electrons. The molecule has 4 aromatic rings. The van der Waals surface area contributed by atoms with Gasteiger partial charge in [0.1, 0.15) is 10.5 Å². The number of hydrogen-bond donors (Lipinski definition) is 1. The van der Waals surface area contributed by atoms with Crippen LogP contribution in [0.1, 0.15) is 50.9 Å². The number of aryl methyl sites for hydroxylation is 3. The third-order valence-corrected chi connectivity index (χ3v) is 6.54. The standard InChI is InChI=1S/C24H29N5O2S/c1-3-15-28-23(31)22-19(14-16-32-22)29-20(26-27-24(28)29)10-7-11-21(30)25-17(2)12-13-18-8-5-4-6-9-18/h4-6,8-9,14,16-17H,3,7,10-13,15H2,1-2H3,(H,25,30). The SMILES string of the molecule is CCCn1c(=O)c2sccc2n2c(CCCC(=O)NC(C)CCc3ccccc3)nnc12. The predicted octanol–water partition coefficient (Wildman–Crippen LogP) is 3.98. The molecule has 32 heavy (non-hydrogen) atoms. The number of carbonyl (C=O) groups is 1. The van der Waals surface area contributed by atoms with Crippen molar-refractivity contribution < 1.29 is 4.79 Å². The molecule has 4 rings (SSSR count). The maximum Gasteiger partial charge on any atom is 0.272 e. The number of rotatable bonds is 10. The molecule has 0 bridgehead atoms. The molecule has 1 unspecified atom stereocenters. The minimum atomic E-state index is -0.00725. The van der Waals surface area contributed by atoms with Crippen LogP contribution in [0.15, 0.2) is 46.6 Å². The van der Waals surface area contributed by atoms with E-state index in [9.17, 15) is 9.59 Å². The lowest BCUT2D eigenvalue weighted by Gasteiger charge is -2.14. The fourth-order valence-corrected chi connectivity index (χ4v) is 4.85. The summed E-state index contributed by atoms with van der Waals surface area (Å²) in [5.41, 5.74) is 2.13. The zero-order valence-electron chi connectivity index (χ0n) is 18.6. The smallest absolute Gasteiger partial charge is 0.272 e. The number of thiophene rings is 1. The second-order valence-corrected chi connectivity index (χ2v) is 9.11. The van der Waals surface area contributed by atoms with Crippen molar-refractivity contribution in [3.63, 3.8) is 0 Å². The molecule has 3 aromatic heterocycles. The molecule has 0 saturated carbocycles. The number of nitrogens with one attached hydrogen (secondary N) is 1. The van der Waals surface area contributed by atoms with Crippen molar-refractivity contribution >= 4 is 33.2 Å². The minimum absolute atomic E-state index is 0.00725. The first-order valence-corrected chi connectivity index (χ1v) is 12.1. The van der Waals surface area contributed by atoms with E-state index in [1.54, 1.807) is 4.57 Å². The first-order valence-electron chi connectivity index (χ1n) is 11.3. The molecule has 0 fully saturated rings. The summed E-state index contributed by atoms with van der Waals surface area (Å²) in [5, 5.41) is 13.7. The Morgan fingerprint density at radius 1 is 1.16 bits per heavy atom. The summed E-state index contributed by atoms with van der Waals surface area (Å²) in [5.74, 6) is 1.43. The Morgan fingerprint density at radius 2 is 1.97 bits per heavy atom. The van der Waals surface area contributed by atoms with Crippen LogP contribution in [0.25, 0.3) is 16.0 Å². The number of hydrogen-bond acceptors (Lipinski definition) is 5. The van der Waals surface area contributed by atoms with Crippen molar-refractivity contribution in [2.24, 2.45) is 0 Å². The van der Waals surface area contributed by atoms with Crippen molar-refractivity contribution in [2.75, 3.05) is 0 Å². The summed E-state index contributed by atoms with van der Waals surface area (Å²) < 4.78 is 4.40. The van der Waals surface area contributed by atoms with E-state index in [0.29, 0.717) is 31.6 Å². The lowest BCUT2D eigenvalue weighted by molar-refractivity contribution is -0.121. The molecule has 8 heteroatoms. The first kappa shape index (κ1) is 22.2. The van der Waals surface area contributed by atoms with Crippen LogP contribution in [0.4, 0.5) is 0 Å². The molecule has 1 atom stereocenters. The van der Waals surface area contributed by atoms with Gasteiger partial charge < -0.3 is 5.32 Å². The molecule has 7 nitrogen and oxygen atoms in total. The molecular weight excluding hydrogens is 422 g/mol. The number of aromatic nitrogens is 4. The summed E-state index contributed by atoms with van der Waals surface area (Å²) in [4.78, 5) is 25.2. The van der Waals surface area contributed by atoms with Crippen LogP contribution in [0, 0.1) is 0 Å². The molecule has 1 amide bonds. The van der Waals surface area contributed by atoms with Gasteiger partial charge >= 0.3 is 0 Å². The molecule has 1 N–H and O–H groups in total. The Kier molecular flexibility index (Phi) is 6.99. The van der Waals surface area contributed by atoms with Crippen LogP contribution >= 0.6 is 11.3 Å². The van der Waals surface area contributed by atoms with Crippen LogP contribution in [0.3, 0.4) is 0 Å². The van der Waals surface area contributed by atoms with E-state index in [1.165, 1.54) is 16.9 Å². The zero-order valence-corrected chi connectivity index (χ0v) is 19.4. The zero-order chi connectivity index (χ0) is 22.5. The summed E-state index contributed by atoms with van der Waals surface area (Å²) in [6.07, 6.45) is 4.45. The van der Waals surface area contributed by atoms with Crippen LogP contribution < -0.4 is 10.9 Å². The predicted molar refractivity (Wildman–Crippen MR) is 128 cm³/mol. The van der Waals surface area contributed by atoms with Gasteiger partial charge in [0.2, 0.25) is 11.7 Å². The van der Waals surface area contributed by atoms with Crippen molar-refractivity contribution in [3.05, 3.63) is 63.5 Å². The maximum absolute atomic E-state index is 12.8. The highest BCUT2D eigenvalue weighted by atomic mass is 32.1. The Labute approximate surface area is 191 Å². The van der Waals surface area contributed by atoms with Gasteiger partial charge in [-0.25, -0.2) is 0 Å². The number of benzene rings is 1. The first-order chi connectivity index (χ1) is 15.6. The van der Waals surface area contributed by atoms with Crippen molar-refractivity contribution in [1.82, 2.24) is 24.5 Å². The maximum atomic E-state index is 12.8.